The average Bonchev–Trinajstić information content (AvgIpc) is 1.99. The highest BCUT2D eigenvalue weighted by Gasteiger charge is 2.43. The Balaban J connectivity index is 0.773. The molecule has 1 aromatic heterocycles. The fourth-order valence-corrected chi connectivity index (χ4v) is 15.7. The van der Waals surface area contributed by atoms with Crippen LogP contribution in [0.3, 0.4) is 0 Å². The van der Waals surface area contributed by atoms with Crippen LogP contribution in [0.15, 0.2) is 229 Å². The van der Waals surface area contributed by atoms with Crippen LogP contribution in [-0.4, -0.2) is 0 Å². The SMILES string of the molecule is CCCCCCCCC1(CCCCCCCC)c2ccccc2-c2ccc(-c3ccc4c(c3)C(C)(C)c3cc(-c5ccc(N(c6ccc7ccc8c(Nc9ccccc9)ccc9ccc6c7c98)c6cccc7c6oc6ccccc67)cc5)ccc3-4)cc21. The second-order valence-electron chi connectivity index (χ2n) is 25.8. The van der Waals surface area contributed by atoms with Gasteiger partial charge in [-0.05, 0) is 168 Å². The molecule has 3 nitrogen and oxygen atoms in total. The minimum Gasteiger partial charge on any atom is -0.454 e. The summed E-state index contributed by atoms with van der Waals surface area (Å²) < 4.78 is 6.86. The van der Waals surface area contributed by atoms with E-state index in [-0.39, 0.29) is 10.8 Å². The Hall–Kier alpha value is -8.92. The van der Waals surface area contributed by atoms with Crippen molar-refractivity contribution in [1.82, 2.24) is 0 Å². The van der Waals surface area contributed by atoms with Gasteiger partial charge in [0.15, 0.2) is 5.58 Å². The zero-order chi connectivity index (χ0) is 58.6. The minimum atomic E-state index is -0.196. The van der Waals surface area contributed by atoms with Crippen molar-refractivity contribution in [2.75, 3.05) is 10.2 Å². The summed E-state index contributed by atoms with van der Waals surface area (Å²) in [5.74, 6) is 0. The van der Waals surface area contributed by atoms with Gasteiger partial charge in [0.1, 0.15) is 5.58 Å². The first-order valence-electron chi connectivity index (χ1n) is 32.7. The average molecular weight is 1130 g/mol. The van der Waals surface area contributed by atoms with Gasteiger partial charge >= 0.3 is 0 Å². The molecule has 1 N–H and O–H groups in total. The molecule has 12 aromatic carbocycles. The molecule has 0 fully saturated rings. The van der Waals surface area contributed by atoms with E-state index in [0.717, 1.165) is 50.4 Å². The molecule has 0 aliphatic heterocycles. The molecule has 3 heteroatoms. The van der Waals surface area contributed by atoms with Gasteiger partial charge in [0.25, 0.3) is 0 Å². The molecule has 87 heavy (non-hydrogen) atoms. The van der Waals surface area contributed by atoms with Gasteiger partial charge in [0.05, 0.1) is 11.4 Å². The van der Waals surface area contributed by atoms with Gasteiger partial charge in [-0.3, -0.25) is 0 Å². The molecule has 0 bridgehead atoms. The van der Waals surface area contributed by atoms with Crippen LogP contribution in [0.2, 0.25) is 0 Å². The van der Waals surface area contributed by atoms with Crippen molar-refractivity contribution in [2.24, 2.45) is 0 Å². The summed E-state index contributed by atoms with van der Waals surface area (Å²) in [5, 5.41) is 13.3. The van der Waals surface area contributed by atoms with Crippen molar-refractivity contribution in [1.29, 1.82) is 0 Å². The first kappa shape index (κ1) is 54.7. The van der Waals surface area contributed by atoms with Crippen molar-refractivity contribution in [3.63, 3.8) is 0 Å². The standard InChI is InChI=1S/C84H78N2O/c1-5-7-9-11-13-22-51-84(52-23-14-12-10-8-6-2)72-30-20-18-27-64(72)67-46-39-61(55-75(67)84)60-38-45-66-65-44-37-59(53-73(65)83(3,4)74(66)54-60)56-33-42-63(43-34-56)86(78-31-24-29-69-68-28-19-21-32-79(68)87-82(69)78)77-50-41-58-35-47-70-76(85-62-25-16-15-17-26-62)49-40-57-36-48-71(77)81(58)80(57)70/h15-21,24-50,53-55,85H,5-14,22-23,51-52H2,1-4H3. The Labute approximate surface area is 514 Å². The molecule has 0 unspecified atom stereocenters. The molecule has 13 aromatic rings. The van der Waals surface area contributed by atoms with Crippen LogP contribution in [0.1, 0.15) is 140 Å². The summed E-state index contributed by atoms with van der Waals surface area (Å²) in [5.41, 5.74) is 23.5. The maximum absolute atomic E-state index is 6.86. The Morgan fingerprint density at radius 1 is 0.379 bits per heavy atom. The highest BCUT2D eigenvalue weighted by Crippen LogP contribution is 2.57. The lowest BCUT2D eigenvalue weighted by molar-refractivity contribution is 0.398. The number of nitrogens with zero attached hydrogens (tertiary/aromatic N) is 1. The summed E-state index contributed by atoms with van der Waals surface area (Å²) in [4.78, 5) is 2.43. The first-order valence-corrected chi connectivity index (χ1v) is 32.7. The minimum absolute atomic E-state index is 0.0502. The van der Waals surface area contributed by atoms with Crippen LogP contribution in [0.4, 0.5) is 28.4 Å². The zero-order valence-electron chi connectivity index (χ0n) is 51.1. The number of unbranched alkanes of at least 4 members (excludes halogenated alkanes) is 10. The van der Waals surface area contributed by atoms with E-state index in [1.807, 2.05) is 0 Å². The lowest BCUT2D eigenvalue weighted by Gasteiger charge is -2.33. The number of hydrogen-bond acceptors (Lipinski definition) is 3. The van der Waals surface area contributed by atoms with Gasteiger partial charge in [0, 0.05) is 49.4 Å². The fourth-order valence-electron chi connectivity index (χ4n) is 15.7. The number of hydrogen-bond donors (Lipinski definition) is 1. The molecule has 430 valence electrons. The molecule has 1 heterocycles. The van der Waals surface area contributed by atoms with E-state index in [0.29, 0.717) is 0 Å². The second-order valence-corrected chi connectivity index (χ2v) is 25.8. The smallest absolute Gasteiger partial charge is 0.159 e. The normalized spacial score (nSPS) is 13.7. The molecule has 0 saturated carbocycles. The maximum Gasteiger partial charge on any atom is 0.159 e. The summed E-state index contributed by atoms with van der Waals surface area (Å²) in [6.45, 7) is 9.53. The van der Waals surface area contributed by atoms with Crippen LogP contribution in [-0.2, 0) is 10.8 Å². The van der Waals surface area contributed by atoms with Crippen LogP contribution >= 0.6 is 0 Å². The number of rotatable bonds is 21. The van der Waals surface area contributed by atoms with Crippen molar-refractivity contribution in [2.45, 2.75) is 128 Å². The summed E-state index contributed by atoms with van der Waals surface area (Å²) in [7, 11) is 0. The molecule has 2 aliphatic carbocycles. The Morgan fingerprint density at radius 3 is 1.61 bits per heavy atom. The third-order valence-corrected chi connectivity index (χ3v) is 20.2. The number of para-hydroxylation sites is 3. The quantitative estimate of drug-likeness (QED) is 0.0574. The number of anilines is 5. The van der Waals surface area contributed by atoms with Crippen molar-refractivity contribution in [3.8, 4) is 44.5 Å². The van der Waals surface area contributed by atoms with Crippen molar-refractivity contribution >= 4 is 82.7 Å². The predicted octanol–water partition coefficient (Wildman–Crippen LogP) is 25.1. The van der Waals surface area contributed by atoms with E-state index < -0.39 is 0 Å². The molecule has 0 atom stereocenters. The molecule has 0 amide bonds. The Bertz CT molecular complexity index is 4660. The van der Waals surface area contributed by atoms with E-state index >= 15 is 0 Å². The van der Waals surface area contributed by atoms with Gasteiger partial charge in [0.2, 0.25) is 0 Å². The molecule has 0 saturated heterocycles. The van der Waals surface area contributed by atoms with E-state index in [1.54, 1.807) is 11.1 Å². The van der Waals surface area contributed by atoms with Crippen molar-refractivity contribution in [3.05, 3.63) is 247 Å². The highest BCUT2D eigenvalue weighted by atomic mass is 16.3. The molecule has 2 aliphatic rings. The second kappa shape index (κ2) is 22.7. The van der Waals surface area contributed by atoms with Crippen LogP contribution in [0.5, 0.6) is 0 Å². The highest BCUT2D eigenvalue weighted by molar-refractivity contribution is 6.28. The molecule has 0 spiro atoms. The van der Waals surface area contributed by atoms with E-state index in [4.69, 9.17) is 4.42 Å². The van der Waals surface area contributed by atoms with E-state index in [1.165, 1.54) is 178 Å². The molecule has 15 rings (SSSR count). The number of nitrogens with one attached hydrogen (secondary N) is 1. The van der Waals surface area contributed by atoms with Crippen LogP contribution in [0, 0.1) is 0 Å². The maximum atomic E-state index is 6.86. The number of furan rings is 1. The summed E-state index contributed by atoms with van der Waals surface area (Å²) in [6, 6.07) is 84.5. The fraction of sp³-hybridized carbons (Fsp3) is 0.238. The lowest BCUT2D eigenvalue weighted by atomic mass is 9.70. The molecular weight excluding hydrogens is 1050 g/mol. The van der Waals surface area contributed by atoms with Gasteiger partial charge in [-0.15, -0.1) is 0 Å². The first-order chi connectivity index (χ1) is 42.8. The van der Waals surface area contributed by atoms with E-state index in [2.05, 4.69) is 262 Å². The monoisotopic (exact) mass is 1130 g/mol. The van der Waals surface area contributed by atoms with Crippen molar-refractivity contribution < 1.29 is 4.42 Å². The Morgan fingerprint density at radius 2 is 0.908 bits per heavy atom. The molecule has 0 radical (unpaired) electrons. The zero-order valence-corrected chi connectivity index (χ0v) is 51.1. The lowest BCUT2D eigenvalue weighted by Crippen LogP contribution is -2.25. The third kappa shape index (κ3) is 9.48. The van der Waals surface area contributed by atoms with Gasteiger partial charge < -0.3 is 14.6 Å². The van der Waals surface area contributed by atoms with Crippen LogP contribution in [0.25, 0.3) is 98.8 Å². The van der Waals surface area contributed by atoms with Gasteiger partial charge in [-0.2, -0.15) is 0 Å². The van der Waals surface area contributed by atoms with Gasteiger partial charge in [-0.1, -0.05) is 262 Å². The largest absolute Gasteiger partial charge is 0.454 e. The number of fused-ring (bicyclic) bond motifs is 9. The van der Waals surface area contributed by atoms with E-state index in [9.17, 15) is 0 Å². The molecular formula is C84H78N2O. The topological polar surface area (TPSA) is 28.4 Å². The van der Waals surface area contributed by atoms with Gasteiger partial charge in [-0.25, -0.2) is 0 Å². The number of benzene rings is 12. The third-order valence-electron chi connectivity index (χ3n) is 20.2. The summed E-state index contributed by atoms with van der Waals surface area (Å²) >= 11 is 0. The Kier molecular flexibility index (Phi) is 14.3. The summed E-state index contributed by atoms with van der Waals surface area (Å²) in [6.07, 6.45) is 18.4. The van der Waals surface area contributed by atoms with Crippen LogP contribution < -0.4 is 10.2 Å². The predicted molar refractivity (Wildman–Crippen MR) is 372 cm³/mol.